The summed E-state index contributed by atoms with van der Waals surface area (Å²) in [7, 11) is 3.94. The molecule has 1 aromatic carbocycles. The van der Waals surface area contributed by atoms with Crippen LogP contribution in [-0.4, -0.2) is 33.3 Å². The van der Waals surface area contributed by atoms with Gasteiger partial charge in [0, 0.05) is 19.7 Å². The monoisotopic (exact) mass is 246 g/mol. The van der Waals surface area contributed by atoms with E-state index in [0.29, 0.717) is 6.61 Å². The molecule has 96 valence electrons. The van der Waals surface area contributed by atoms with Crippen LogP contribution >= 0.6 is 0 Å². The number of para-hydroxylation sites is 1. The number of anilines is 1. The average Bonchev–Trinajstić information content (AvgIpc) is 2.35. The lowest BCUT2D eigenvalue weighted by Gasteiger charge is -2.13. The standard InChI is InChI=1S/C14H18N2O2/c1-4-18-14(17)15-11-7-9-12-8-5-6-10-13(12)16(2)3/h5-6,8,10H,4,11H2,1-3H3,(H,15,17). The quantitative estimate of drug-likeness (QED) is 0.828. The van der Waals surface area contributed by atoms with Gasteiger partial charge in [-0.3, -0.25) is 0 Å². The minimum Gasteiger partial charge on any atom is -0.450 e. The van der Waals surface area contributed by atoms with Crippen LogP contribution in [0.3, 0.4) is 0 Å². The number of carbonyl (C=O) groups excluding carboxylic acids is 1. The minimum atomic E-state index is -0.437. The van der Waals surface area contributed by atoms with Gasteiger partial charge < -0.3 is 15.0 Å². The first-order chi connectivity index (χ1) is 8.65. The van der Waals surface area contributed by atoms with Crippen molar-refractivity contribution in [3.05, 3.63) is 29.8 Å². The van der Waals surface area contributed by atoms with Crippen LogP contribution in [0.25, 0.3) is 0 Å². The summed E-state index contributed by atoms with van der Waals surface area (Å²) < 4.78 is 4.73. The molecule has 18 heavy (non-hydrogen) atoms. The Hall–Kier alpha value is -2.15. The molecule has 0 saturated carbocycles. The molecule has 0 aliphatic rings. The van der Waals surface area contributed by atoms with Gasteiger partial charge in [-0.25, -0.2) is 4.79 Å². The van der Waals surface area contributed by atoms with Gasteiger partial charge in [-0.15, -0.1) is 0 Å². The number of amides is 1. The van der Waals surface area contributed by atoms with Crippen LogP contribution in [0.4, 0.5) is 10.5 Å². The van der Waals surface area contributed by atoms with Crippen molar-refractivity contribution >= 4 is 11.8 Å². The minimum absolute atomic E-state index is 0.278. The third kappa shape index (κ3) is 4.38. The fourth-order valence-electron chi connectivity index (χ4n) is 1.41. The fourth-order valence-corrected chi connectivity index (χ4v) is 1.41. The van der Waals surface area contributed by atoms with Crippen molar-refractivity contribution in [1.29, 1.82) is 0 Å². The van der Waals surface area contributed by atoms with Gasteiger partial charge in [0.15, 0.2) is 0 Å². The molecule has 0 atom stereocenters. The van der Waals surface area contributed by atoms with E-state index in [1.54, 1.807) is 6.92 Å². The lowest BCUT2D eigenvalue weighted by atomic mass is 10.1. The number of benzene rings is 1. The van der Waals surface area contributed by atoms with Crippen LogP contribution in [0.15, 0.2) is 24.3 Å². The SMILES string of the molecule is CCOC(=O)NCC#Cc1ccccc1N(C)C. The molecule has 1 aromatic rings. The van der Waals surface area contributed by atoms with E-state index in [0.717, 1.165) is 11.3 Å². The normalized spacial score (nSPS) is 9.06. The second-order valence-electron chi connectivity index (χ2n) is 3.79. The molecule has 0 aliphatic carbocycles. The molecule has 1 N–H and O–H groups in total. The number of hydrogen-bond donors (Lipinski definition) is 1. The zero-order valence-electron chi connectivity index (χ0n) is 11.0. The van der Waals surface area contributed by atoms with Crippen molar-refractivity contribution in [2.24, 2.45) is 0 Å². The lowest BCUT2D eigenvalue weighted by molar-refractivity contribution is 0.153. The smallest absolute Gasteiger partial charge is 0.407 e. The zero-order valence-corrected chi connectivity index (χ0v) is 11.0. The van der Waals surface area contributed by atoms with E-state index in [4.69, 9.17) is 4.74 Å². The van der Waals surface area contributed by atoms with E-state index >= 15 is 0 Å². The molecule has 0 fully saturated rings. The number of nitrogens with zero attached hydrogens (tertiary/aromatic N) is 1. The van der Waals surface area contributed by atoms with E-state index < -0.39 is 6.09 Å². The largest absolute Gasteiger partial charge is 0.450 e. The predicted octanol–water partition coefficient (Wildman–Crippen LogP) is 1.85. The molecule has 0 bridgehead atoms. The maximum absolute atomic E-state index is 11.0. The van der Waals surface area contributed by atoms with Crippen LogP contribution in [-0.2, 0) is 4.74 Å². The zero-order chi connectivity index (χ0) is 13.4. The van der Waals surface area contributed by atoms with Crippen molar-refractivity contribution in [1.82, 2.24) is 5.32 Å². The third-order valence-electron chi connectivity index (χ3n) is 2.21. The van der Waals surface area contributed by atoms with Crippen LogP contribution in [0.1, 0.15) is 12.5 Å². The first-order valence-corrected chi connectivity index (χ1v) is 5.81. The highest BCUT2D eigenvalue weighted by Gasteiger charge is 2.00. The number of ether oxygens (including phenoxy) is 1. The molecule has 0 aromatic heterocycles. The maximum atomic E-state index is 11.0. The first-order valence-electron chi connectivity index (χ1n) is 5.81. The van der Waals surface area contributed by atoms with E-state index in [2.05, 4.69) is 17.2 Å². The highest BCUT2D eigenvalue weighted by Crippen LogP contribution is 2.16. The number of nitrogens with one attached hydrogen (secondary N) is 1. The molecule has 0 spiro atoms. The Morgan fingerprint density at radius 2 is 2.11 bits per heavy atom. The molecule has 0 saturated heterocycles. The van der Waals surface area contributed by atoms with E-state index in [1.807, 2.05) is 43.3 Å². The number of alkyl carbamates (subject to hydrolysis) is 1. The predicted molar refractivity (Wildman–Crippen MR) is 72.7 cm³/mol. The fraction of sp³-hybridized carbons (Fsp3) is 0.357. The van der Waals surface area contributed by atoms with Gasteiger partial charge in [0.25, 0.3) is 0 Å². The molecular formula is C14H18N2O2. The Bertz CT molecular complexity index is 458. The number of rotatable bonds is 3. The summed E-state index contributed by atoms with van der Waals surface area (Å²) in [6.07, 6.45) is -0.437. The van der Waals surface area contributed by atoms with Gasteiger partial charge in [-0.1, -0.05) is 24.0 Å². The highest BCUT2D eigenvalue weighted by atomic mass is 16.5. The summed E-state index contributed by atoms with van der Waals surface area (Å²) in [4.78, 5) is 13.0. The van der Waals surface area contributed by atoms with Crippen LogP contribution in [0, 0.1) is 11.8 Å². The lowest BCUT2D eigenvalue weighted by Crippen LogP contribution is -2.24. The Morgan fingerprint density at radius 3 is 2.78 bits per heavy atom. The number of carbonyl (C=O) groups is 1. The van der Waals surface area contributed by atoms with Gasteiger partial charge >= 0.3 is 6.09 Å². The van der Waals surface area contributed by atoms with Crippen LogP contribution in [0.2, 0.25) is 0 Å². The topological polar surface area (TPSA) is 41.6 Å². The summed E-state index contributed by atoms with van der Waals surface area (Å²) in [6, 6.07) is 7.86. The molecule has 0 radical (unpaired) electrons. The van der Waals surface area contributed by atoms with Crippen molar-refractivity contribution in [2.45, 2.75) is 6.92 Å². The summed E-state index contributed by atoms with van der Waals surface area (Å²) in [5.41, 5.74) is 1.99. The average molecular weight is 246 g/mol. The van der Waals surface area contributed by atoms with Crippen molar-refractivity contribution in [3.63, 3.8) is 0 Å². The summed E-state index contributed by atoms with van der Waals surface area (Å²) in [5, 5.41) is 2.55. The molecule has 1 amide bonds. The highest BCUT2D eigenvalue weighted by molar-refractivity contribution is 5.67. The van der Waals surface area contributed by atoms with Gasteiger partial charge in [0.05, 0.1) is 18.8 Å². The van der Waals surface area contributed by atoms with Gasteiger partial charge in [0.1, 0.15) is 0 Å². The molecule has 0 unspecified atom stereocenters. The van der Waals surface area contributed by atoms with Crippen LogP contribution < -0.4 is 10.2 Å². The second-order valence-corrected chi connectivity index (χ2v) is 3.79. The summed E-state index contributed by atoms with van der Waals surface area (Å²) in [5.74, 6) is 5.93. The molecule has 0 aliphatic heterocycles. The maximum Gasteiger partial charge on any atom is 0.407 e. The van der Waals surface area contributed by atoms with Crippen molar-refractivity contribution < 1.29 is 9.53 Å². The van der Waals surface area contributed by atoms with Gasteiger partial charge in [-0.05, 0) is 19.1 Å². The van der Waals surface area contributed by atoms with Crippen LogP contribution in [0.5, 0.6) is 0 Å². The third-order valence-corrected chi connectivity index (χ3v) is 2.21. The summed E-state index contributed by atoms with van der Waals surface area (Å²) in [6.45, 7) is 2.40. The number of hydrogen-bond acceptors (Lipinski definition) is 3. The Kier molecular flexibility index (Phi) is 5.59. The molecule has 4 heteroatoms. The Balaban J connectivity index is 2.60. The Labute approximate surface area is 108 Å². The van der Waals surface area contributed by atoms with Gasteiger partial charge in [0.2, 0.25) is 0 Å². The molecule has 4 nitrogen and oxygen atoms in total. The Morgan fingerprint density at radius 1 is 1.39 bits per heavy atom. The van der Waals surface area contributed by atoms with E-state index in [1.165, 1.54) is 0 Å². The summed E-state index contributed by atoms with van der Waals surface area (Å²) >= 11 is 0. The van der Waals surface area contributed by atoms with E-state index in [-0.39, 0.29) is 6.54 Å². The first kappa shape index (κ1) is 13.9. The van der Waals surface area contributed by atoms with Gasteiger partial charge in [-0.2, -0.15) is 0 Å². The molecular weight excluding hydrogens is 228 g/mol. The van der Waals surface area contributed by atoms with Crippen molar-refractivity contribution in [2.75, 3.05) is 32.1 Å². The second kappa shape index (κ2) is 7.23. The van der Waals surface area contributed by atoms with E-state index in [9.17, 15) is 4.79 Å². The molecule has 0 heterocycles. The molecule has 1 rings (SSSR count). The van der Waals surface area contributed by atoms with Crippen molar-refractivity contribution in [3.8, 4) is 11.8 Å².